The Hall–Kier alpha value is -1.94. The van der Waals surface area contributed by atoms with Crippen LogP contribution in [0.4, 0.5) is 0 Å². The first-order valence-corrected chi connectivity index (χ1v) is 6.93. The number of benzene rings is 2. The molecule has 0 saturated heterocycles. The Kier molecular flexibility index (Phi) is 3.18. The van der Waals surface area contributed by atoms with Crippen molar-refractivity contribution in [2.75, 3.05) is 7.11 Å². The van der Waals surface area contributed by atoms with Gasteiger partial charge in [0.05, 0.1) is 7.11 Å². The smallest absolute Gasteiger partial charge is 0.178 e. The summed E-state index contributed by atoms with van der Waals surface area (Å²) in [7, 11) is 1.55. The van der Waals surface area contributed by atoms with Crippen molar-refractivity contribution >= 4 is 27.5 Å². The first-order chi connectivity index (χ1) is 9.61. The molecular weight excluding hydrogens is 320 g/mol. The normalized spacial score (nSPS) is 14.5. The van der Waals surface area contributed by atoms with Crippen LogP contribution in [0.2, 0.25) is 0 Å². The Balaban J connectivity index is 2.11. The number of Topliss-reactive ketones (excluding diaryl/α,β-unsaturated/α-hetero) is 2. The molecule has 0 bridgehead atoms. The minimum atomic E-state index is -0.765. The molecule has 0 aliphatic heterocycles. The molecule has 0 radical (unpaired) electrons. The number of carbonyl (C=O) groups is 2. The summed E-state index contributed by atoms with van der Waals surface area (Å²) in [4.78, 5) is 24.9. The van der Waals surface area contributed by atoms with E-state index in [9.17, 15) is 9.59 Å². The Morgan fingerprint density at radius 3 is 2.15 bits per heavy atom. The number of halogens is 1. The van der Waals surface area contributed by atoms with E-state index in [4.69, 9.17) is 4.74 Å². The maximum absolute atomic E-state index is 12.4. The van der Waals surface area contributed by atoms with E-state index in [1.165, 1.54) is 0 Å². The summed E-state index contributed by atoms with van der Waals surface area (Å²) in [6.07, 6.45) is 0. The molecule has 2 aromatic carbocycles. The van der Waals surface area contributed by atoms with Crippen LogP contribution in [0, 0.1) is 0 Å². The number of hydrogen-bond acceptors (Lipinski definition) is 3. The molecule has 1 aliphatic rings. The fourth-order valence-electron chi connectivity index (χ4n) is 2.51. The zero-order valence-electron chi connectivity index (χ0n) is 10.7. The zero-order chi connectivity index (χ0) is 14.3. The molecule has 100 valence electrons. The molecule has 0 spiro atoms. The van der Waals surface area contributed by atoms with Gasteiger partial charge in [-0.15, -0.1) is 0 Å². The minimum Gasteiger partial charge on any atom is -0.497 e. The van der Waals surface area contributed by atoms with Gasteiger partial charge in [-0.05, 0) is 23.8 Å². The quantitative estimate of drug-likeness (QED) is 0.790. The highest BCUT2D eigenvalue weighted by Gasteiger charge is 2.39. The van der Waals surface area contributed by atoms with E-state index in [0.717, 1.165) is 4.47 Å². The Morgan fingerprint density at radius 2 is 1.60 bits per heavy atom. The number of hydrogen-bond donors (Lipinski definition) is 0. The van der Waals surface area contributed by atoms with E-state index in [-0.39, 0.29) is 11.6 Å². The van der Waals surface area contributed by atoms with Crippen LogP contribution in [0.15, 0.2) is 46.9 Å². The van der Waals surface area contributed by atoms with E-state index in [2.05, 4.69) is 15.9 Å². The molecule has 1 aliphatic carbocycles. The minimum absolute atomic E-state index is 0.147. The summed E-state index contributed by atoms with van der Waals surface area (Å²) in [5.41, 5.74) is 1.66. The van der Waals surface area contributed by atoms with Crippen molar-refractivity contribution in [2.24, 2.45) is 0 Å². The lowest BCUT2D eigenvalue weighted by Crippen LogP contribution is -2.13. The van der Waals surface area contributed by atoms with Crippen LogP contribution in [0.3, 0.4) is 0 Å². The molecule has 4 heteroatoms. The number of carbonyl (C=O) groups excluding carboxylic acids is 2. The first-order valence-electron chi connectivity index (χ1n) is 6.14. The van der Waals surface area contributed by atoms with Gasteiger partial charge in [-0.1, -0.05) is 40.2 Å². The molecule has 3 rings (SSSR count). The average molecular weight is 331 g/mol. The van der Waals surface area contributed by atoms with Gasteiger partial charge in [0.1, 0.15) is 11.7 Å². The van der Waals surface area contributed by atoms with Crippen LogP contribution in [-0.2, 0) is 0 Å². The van der Waals surface area contributed by atoms with Gasteiger partial charge in [0.2, 0.25) is 0 Å². The van der Waals surface area contributed by atoms with Crippen molar-refractivity contribution in [2.45, 2.75) is 5.92 Å². The van der Waals surface area contributed by atoms with E-state index in [0.29, 0.717) is 22.4 Å². The number of ketones is 2. The topological polar surface area (TPSA) is 43.4 Å². The van der Waals surface area contributed by atoms with E-state index >= 15 is 0 Å². The summed E-state index contributed by atoms with van der Waals surface area (Å²) >= 11 is 3.37. The fraction of sp³-hybridized carbons (Fsp3) is 0.125. The second kappa shape index (κ2) is 4.87. The summed E-state index contributed by atoms with van der Waals surface area (Å²) in [5, 5.41) is 0. The van der Waals surface area contributed by atoms with Crippen LogP contribution < -0.4 is 4.74 Å². The molecule has 0 saturated carbocycles. The second-order valence-corrected chi connectivity index (χ2v) is 5.55. The average Bonchev–Trinajstić information content (AvgIpc) is 2.71. The lowest BCUT2D eigenvalue weighted by atomic mass is 9.94. The Labute approximate surface area is 124 Å². The number of rotatable bonds is 2. The van der Waals surface area contributed by atoms with Gasteiger partial charge >= 0.3 is 0 Å². The van der Waals surface area contributed by atoms with Gasteiger partial charge < -0.3 is 4.74 Å². The highest BCUT2D eigenvalue weighted by molar-refractivity contribution is 9.10. The van der Waals surface area contributed by atoms with Crippen molar-refractivity contribution < 1.29 is 14.3 Å². The predicted molar refractivity (Wildman–Crippen MR) is 78.5 cm³/mol. The van der Waals surface area contributed by atoms with Crippen molar-refractivity contribution in [3.8, 4) is 5.75 Å². The molecule has 0 heterocycles. The number of ether oxygens (including phenoxy) is 1. The molecule has 0 aromatic heterocycles. The van der Waals surface area contributed by atoms with Gasteiger partial charge in [-0.3, -0.25) is 9.59 Å². The van der Waals surface area contributed by atoms with Crippen molar-refractivity contribution in [1.82, 2.24) is 0 Å². The summed E-state index contributed by atoms with van der Waals surface area (Å²) < 4.78 is 5.97. The largest absolute Gasteiger partial charge is 0.497 e. The van der Waals surface area contributed by atoms with Crippen LogP contribution >= 0.6 is 15.9 Å². The maximum Gasteiger partial charge on any atom is 0.178 e. The van der Waals surface area contributed by atoms with Crippen molar-refractivity contribution in [1.29, 1.82) is 0 Å². The molecule has 0 amide bonds. The number of methoxy groups -OCH3 is 1. The molecule has 0 unspecified atom stereocenters. The molecule has 0 fully saturated rings. The molecule has 3 nitrogen and oxygen atoms in total. The SMILES string of the molecule is COc1cc(Br)cc(C2C(=O)c3ccccc3C2=O)c1. The van der Waals surface area contributed by atoms with Crippen LogP contribution in [0.1, 0.15) is 32.2 Å². The molecular formula is C16H11BrO3. The van der Waals surface area contributed by atoms with Gasteiger partial charge in [0.15, 0.2) is 11.6 Å². The molecule has 0 N–H and O–H groups in total. The Bertz CT molecular complexity index is 686. The Morgan fingerprint density at radius 1 is 1.00 bits per heavy atom. The first kappa shape index (κ1) is 13.1. The number of fused-ring (bicyclic) bond motifs is 1. The van der Waals surface area contributed by atoms with E-state index in [1.807, 2.05) is 0 Å². The van der Waals surface area contributed by atoms with Crippen LogP contribution in [-0.4, -0.2) is 18.7 Å². The highest BCUT2D eigenvalue weighted by atomic mass is 79.9. The highest BCUT2D eigenvalue weighted by Crippen LogP contribution is 2.36. The lowest BCUT2D eigenvalue weighted by molar-refractivity contribution is 0.0890. The third kappa shape index (κ3) is 1.96. The van der Waals surface area contributed by atoms with Gasteiger partial charge in [-0.2, -0.15) is 0 Å². The lowest BCUT2D eigenvalue weighted by Gasteiger charge is -2.10. The molecule has 2 aromatic rings. The van der Waals surface area contributed by atoms with Crippen molar-refractivity contribution in [3.05, 3.63) is 63.6 Å². The summed E-state index contributed by atoms with van der Waals surface area (Å²) in [6, 6.07) is 12.3. The van der Waals surface area contributed by atoms with Crippen LogP contribution in [0.25, 0.3) is 0 Å². The van der Waals surface area contributed by atoms with Gasteiger partial charge in [-0.25, -0.2) is 0 Å². The second-order valence-electron chi connectivity index (χ2n) is 4.63. The third-order valence-electron chi connectivity index (χ3n) is 3.45. The standard InChI is InChI=1S/C16H11BrO3/c1-20-11-7-9(6-10(17)8-11)14-15(18)12-4-2-3-5-13(12)16(14)19/h2-8,14H,1H3. The fourth-order valence-corrected chi connectivity index (χ4v) is 3.00. The predicted octanol–water partition coefficient (Wildman–Crippen LogP) is 3.62. The summed E-state index contributed by atoms with van der Waals surface area (Å²) in [6.45, 7) is 0. The van der Waals surface area contributed by atoms with Gasteiger partial charge in [0.25, 0.3) is 0 Å². The third-order valence-corrected chi connectivity index (χ3v) is 3.90. The zero-order valence-corrected chi connectivity index (χ0v) is 12.3. The van der Waals surface area contributed by atoms with Gasteiger partial charge in [0, 0.05) is 15.6 Å². The van der Waals surface area contributed by atoms with Crippen molar-refractivity contribution in [3.63, 3.8) is 0 Å². The monoisotopic (exact) mass is 330 g/mol. The van der Waals surface area contributed by atoms with Crippen LogP contribution in [0.5, 0.6) is 5.75 Å². The maximum atomic E-state index is 12.4. The van der Waals surface area contributed by atoms with E-state index in [1.54, 1.807) is 49.6 Å². The molecule has 0 atom stereocenters. The molecule has 20 heavy (non-hydrogen) atoms. The van der Waals surface area contributed by atoms with E-state index < -0.39 is 5.92 Å². The summed E-state index contributed by atoms with van der Waals surface area (Å²) in [5.74, 6) is -0.443.